The van der Waals surface area contributed by atoms with Gasteiger partial charge >= 0.3 is 0 Å². The number of hydrogen-bond acceptors (Lipinski definition) is 6. The monoisotopic (exact) mass is 481 g/mol. The molecule has 2 aromatic carbocycles. The number of furan rings is 1. The van der Waals surface area contributed by atoms with Gasteiger partial charge in [0.2, 0.25) is 0 Å². The summed E-state index contributed by atoms with van der Waals surface area (Å²) in [5, 5.41) is 9.62. The van der Waals surface area contributed by atoms with Crippen molar-refractivity contribution in [3.8, 4) is 11.1 Å². The number of aliphatic hydroxyl groups is 1. The lowest BCUT2D eigenvalue weighted by Crippen LogP contribution is -2.15. The highest BCUT2D eigenvalue weighted by molar-refractivity contribution is 7.92. The third kappa shape index (κ3) is 3.81. The number of nitrogens with zero attached hydrogens (tertiary/aromatic N) is 1. The molecule has 0 bridgehead atoms. The van der Waals surface area contributed by atoms with Crippen LogP contribution in [0.3, 0.4) is 0 Å². The molecule has 0 atom stereocenters. The molecular formula is C20H14Cl2FN3O4S. The van der Waals surface area contributed by atoms with Gasteiger partial charge < -0.3 is 15.3 Å². The van der Waals surface area contributed by atoms with Crippen LogP contribution in [0.1, 0.15) is 5.56 Å². The van der Waals surface area contributed by atoms with E-state index < -0.39 is 27.3 Å². The van der Waals surface area contributed by atoms with E-state index in [4.69, 9.17) is 33.4 Å². The van der Waals surface area contributed by atoms with Gasteiger partial charge in [-0.05, 0) is 29.8 Å². The molecule has 2 aromatic heterocycles. The first-order valence-electron chi connectivity index (χ1n) is 8.75. The van der Waals surface area contributed by atoms with Gasteiger partial charge in [0.05, 0.1) is 29.0 Å². The largest absolute Gasteiger partial charge is 0.463 e. The summed E-state index contributed by atoms with van der Waals surface area (Å²) in [6.07, 6.45) is 2.78. The number of halogens is 3. The molecule has 2 heterocycles. The van der Waals surface area contributed by atoms with Crippen molar-refractivity contribution < 1.29 is 22.3 Å². The van der Waals surface area contributed by atoms with Crippen LogP contribution in [0.4, 0.5) is 15.9 Å². The number of pyridine rings is 1. The molecule has 0 saturated carbocycles. The standard InChI is InChI=1S/C20H14Cl2FN3O4S/c21-11-6-10(8-27)18(22)16(7-11)31(28,29)26-14-3-1-2-12(19(14)23)13-9-30-15-4-5-25-20(24)17(13)15/h1-7,9,26-27H,8H2,(H2,24,25). The summed E-state index contributed by atoms with van der Waals surface area (Å²) < 4.78 is 48.8. The quantitative estimate of drug-likeness (QED) is 0.376. The molecule has 0 fully saturated rings. The van der Waals surface area contributed by atoms with Crippen molar-refractivity contribution in [1.82, 2.24) is 4.98 Å². The third-order valence-corrected chi connectivity index (χ3v) is 6.75. The van der Waals surface area contributed by atoms with Gasteiger partial charge in [-0.25, -0.2) is 17.8 Å². The first-order valence-corrected chi connectivity index (χ1v) is 11.0. The lowest BCUT2D eigenvalue weighted by atomic mass is 10.0. The van der Waals surface area contributed by atoms with E-state index in [2.05, 4.69) is 9.71 Å². The number of sulfonamides is 1. The van der Waals surface area contributed by atoms with Crippen LogP contribution < -0.4 is 10.5 Å². The highest BCUT2D eigenvalue weighted by Gasteiger charge is 2.24. The van der Waals surface area contributed by atoms with Gasteiger partial charge in [0.25, 0.3) is 10.0 Å². The Morgan fingerprint density at radius 1 is 1.19 bits per heavy atom. The molecule has 0 aliphatic rings. The van der Waals surface area contributed by atoms with Crippen LogP contribution in [-0.2, 0) is 16.6 Å². The van der Waals surface area contributed by atoms with Gasteiger partial charge in [-0.15, -0.1) is 0 Å². The second kappa shape index (κ2) is 8.01. The van der Waals surface area contributed by atoms with Crippen LogP contribution >= 0.6 is 23.2 Å². The van der Waals surface area contributed by atoms with Gasteiger partial charge in [0.1, 0.15) is 16.3 Å². The summed E-state index contributed by atoms with van der Waals surface area (Å²) in [5.74, 6) is -0.702. The van der Waals surface area contributed by atoms with Crippen LogP contribution in [0.5, 0.6) is 0 Å². The molecule has 0 unspecified atom stereocenters. The van der Waals surface area contributed by atoms with E-state index in [9.17, 15) is 13.5 Å². The van der Waals surface area contributed by atoms with Crippen molar-refractivity contribution >= 4 is 55.7 Å². The molecule has 4 rings (SSSR count). The highest BCUT2D eigenvalue weighted by atomic mass is 35.5. The SMILES string of the molecule is Nc1nccc2occ(-c3cccc(NS(=O)(=O)c4cc(Cl)cc(CO)c4Cl)c3F)c12. The highest BCUT2D eigenvalue weighted by Crippen LogP contribution is 2.37. The Labute approximate surface area is 186 Å². The maximum Gasteiger partial charge on any atom is 0.263 e. The number of aliphatic hydroxyl groups excluding tert-OH is 1. The zero-order valence-corrected chi connectivity index (χ0v) is 17.9. The Morgan fingerprint density at radius 3 is 2.71 bits per heavy atom. The summed E-state index contributed by atoms with van der Waals surface area (Å²) in [4.78, 5) is 3.60. The van der Waals surface area contributed by atoms with E-state index in [1.54, 1.807) is 6.07 Å². The summed E-state index contributed by atoms with van der Waals surface area (Å²) in [6, 6.07) is 8.22. The van der Waals surface area contributed by atoms with Crippen LogP contribution in [0.2, 0.25) is 10.0 Å². The van der Waals surface area contributed by atoms with E-state index in [1.807, 2.05) is 0 Å². The number of benzene rings is 2. The minimum Gasteiger partial charge on any atom is -0.463 e. The van der Waals surface area contributed by atoms with Crippen molar-refractivity contribution in [2.45, 2.75) is 11.5 Å². The fraction of sp³-hybridized carbons (Fsp3) is 0.0500. The van der Waals surface area contributed by atoms with Gasteiger partial charge in [0, 0.05) is 22.3 Å². The number of hydrogen-bond donors (Lipinski definition) is 3. The summed E-state index contributed by atoms with van der Waals surface area (Å²) >= 11 is 12.0. The average Bonchev–Trinajstić information content (AvgIpc) is 3.16. The van der Waals surface area contributed by atoms with Gasteiger partial charge in [-0.1, -0.05) is 35.3 Å². The molecule has 160 valence electrons. The van der Waals surface area contributed by atoms with E-state index in [-0.39, 0.29) is 32.7 Å². The second-order valence-electron chi connectivity index (χ2n) is 6.53. The summed E-state index contributed by atoms with van der Waals surface area (Å²) in [5.41, 5.74) is 6.50. The van der Waals surface area contributed by atoms with Crippen LogP contribution in [0.15, 0.2) is 58.2 Å². The van der Waals surface area contributed by atoms with Crippen LogP contribution in [-0.4, -0.2) is 18.5 Å². The van der Waals surface area contributed by atoms with Crippen molar-refractivity contribution in [1.29, 1.82) is 0 Å². The maximum absolute atomic E-state index is 15.3. The Kier molecular flexibility index (Phi) is 5.52. The minimum atomic E-state index is -4.34. The Hall–Kier alpha value is -2.85. The number of fused-ring (bicyclic) bond motifs is 1. The molecule has 7 nitrogen and oxygen atoms in total. The predicted molar refractivity (Wildman–Crippen MR) is 117 cm³/mol. The Bertz CT molecular complexity index is 1420. The van der Waals surface area contributed by atoms with Crippen LogP contribution in [0, 0.1) is 5.82 Å². The number of rotatable bonds is 5. The molecule has 4 N–H and O–H groups in total. The molecule has 0 amide bonds. The molecule has 31 heavy (non-hydrogen) atoms. The Morgan fingerprint density at radius 2 is 1.97 bits per heavy atom. The van der Waals surface area contributed by atoms with E-state index in [0.717, 1.165) is 6.07 Å². The van der Waals surface area contributed by atoms with Crippen molar-refractivity contribution in [2.75, 3.05) is 10.5 Å². The van der Waals surface area contributed by atoms with E-state index in [0.29, 0.717) is 16.5 Å². The molecule has 0 saturated heterocycles. The lowest BCUT2D eigenvalue weighted by Gasteiger charge is -2.14. The summed E-state index contributed by atoms with van der Waals surface area (Å²) in [7, 11) is -4.34. The fourth-order valence-electron chi connectivity index (χ4n) is 3.16. The molecular weight excluding hydrogens is 468 g/mol. The number of nitrogens with one attached hydrogen (secondary N) is 1. The normalized spacial score (nSPS) is 11.7. The number of nitrogen functional groups attached to an aromatic ring is 1. The average molecular weight is 482 g/mol. The fourth-order valence-corrected chi connectivity index (χ4v) is 5.14. The van der Waals surface area contributed by atoms with E-state index >= 15 is 4.39 Å². The first kappa shape index (κ1) is 21.4. The number of anilines is 2. The molecule has 4 aromatic rings. The van der Waals surface area contributed by atoms with Crippen molar-refractivity contribution in [3.05, 3.63) is 70.3 Å². The van der Waals surface area contributed by atoms with Crippen molar-refractivity contribution in [3.63, 3.8) is 0 Å². The van der Waals surface area contributed by atoms with Gasteiger partial charge in [0.15, 0.2) is 5.82 Å². The zero-order valence-electron chi connectivity index (χ0n) is 15.6. The Balaban J connectivity index is 1.80. The third-order valence-electron chi connectivity index (χ3n) is 4.59. The molecule has 0 spiro atoms. The lowest BCUT2D eigenvalue weighted by molar-refractivity contribution is 0.281. The number of aromatic nitrogens is 1. The maximum atomic E-state index is 15.3. The number of nitrogens with two attached hydrogens (primary N) is 1. The van der Waals surface area contributed by atoms with Gasteiger partial charge in [-0.3, -0.25) is 4.72 Å². The molecule has 0 aliphatic heterocycles. The first-order chi connectivity index (χ1) is 14.7. The second-order valence-corrected chi connectivity index (χ2v) is 8.99. The van der Waals surface area contributed by atoms with Crippen molar-refractivity contribution in [2.24, 2.45) is 0 Å². The minimum absolute atomic E-state index is 0.0517. The smallest absolute Gasteiger partial charge is 0.263 e. The van der Waals surface area contributed by atoms with E-state index in [1.165, 1.54) is 36.7 Å². The zero-order chi connectivity index (χ0) is 22.3. The van der Waals surface area contributed by atoms with Gasteiger partial charge in [-0.2, -0.15) is 0 Å². The molecule has 0 aliphatic carbocycles. The topological polar surface area (TPSA) is 118 Å². The molecule has 0 radical (unpaired) electrons. The predicted octanol–water partition coefficient (Wildman–Crippen LogP) is 4.82. The van der Waals surface area contributed by atoms with Crippen LogP contribution in [0.25, 0.3) is 22.1 Å². The summed E-state index contributed by atoms with van der Waals surface area (Å²) in [6.45, 7) is -0.519. The molecule has 11 heteroatoms.